The average Bonchev–Trinajstić information content (AvgIpc) is 2.86. The summed E-state index contributed by atoms with van der Waals surface area (Å²) in [5, 5.41) is 19.1. The van der Waals surface area contributed by atoms with Gasteiger partial charge in [0.05, 0.1) is 24.3 Å². The number of hydrogen-bond acceptors (Lipinski definition) is 5. The maximum atomic E-state index is 12.8. The first-order chi connectivity index (χ1) is 16.0. The van der Waals surface area contributed by atoms with Crippen molar-refractivity contribution in [3.05, 3.63) is 47.5 Å². The monoisotopic (exact) mass is 465 g/mol. The molecular formula is C28H39N3O3. The summed E-state index contributed by atoms with van der Waals surface area (Å²) in [7, 11) is 0. The Morgan fingerprint density at radius 2 is 1.56 bits per heavy atom. The molecule has 6 nitrogen and oxygen atoms in total. The highest BCUT2D eigenvalue weighted by Crippen LogP contribution is 2.46. The highest BCUT2D eigenvalue weighted by atomic mass is 16.3. The molecule has 1 aliphatic heterocycles. The summed E-state index contributed by atoms with van der Waals surface area (Å²) in [6.07, 6.45) is 2.38. The van der Waals surface area contributed by atoms with Gasteiger partial charge in [-0.2, -0.15) is 0 Å². The van der Waals surface area contributed by atoms with Gasteiger partial charge in [0, 0.05) is 31.7 Å². The van der Waals surface area contributed by atoms with Gasteiger partial charge in [0.2, 0.25) is 5.91 Å². The van der Waals surface area contributed by atoms with E-state index in [0.29, 0.717) is 26.2 Å². The van der Waals surface area contributed by atoms with Crippen molar-refractivity contribution < 1.29 is 15.0 Å². The smallest absolute Gasteiger partial charge is 0.233 e. The maximum Gasteiger partial charge on any atom is 0.233 e. The van der Waals surface area contributed by atoms with Crippen LogP contribution in [0, 0.1) is 5.41 Å². The van der Waals surface area contributed by atoms with E-state index < -0.39 is 5.41 Å². The third-order valence-electron chi connectivity index (χ3n) is 7.99. The molecule has 0 atom stereocenters. The second-order valence-corrected chi connectivity index (χ2v) is 11.6. The Hall–Kier alpha value is -2.44. The normalized spacial score (nSPS) is 19.6. The Bertz CT molecular complexity index is 1050. The van der Waals surface area contributed by atoms with Crippen molar-refractivity contribution in [2.75, 3.05) is 44.3 Å². The Kier molecular flexibility index (Phi) is 6.51. The van der Waals surface area contributed by atoms with Crippen molar-refractivity contribution in [1.82, 2.24) is 9.88 Å². The van der Waals surface area contributed by atoms with E-state index in [0.717, 1.165) is 17.1 Å². The SMILES string of the molecule is CC(CO)(CO)C(=O)N1CCN(c2cccc(-c3ccc4c(c3)C(C)(C)CCC4(C)C)n2)CC1. The molecule has 0 unspecified atom stereocenters. The molecule has 6 heteroatoms. The summed E-state index contributed by atoms with van der Waals surface area (Å²) < 4.78 is 0. The van der Waals surface area contributed by atoms with Crippen LogP contribution in [0.15, 0.2) is 36.4 Å². The summed E-state index contributed by atoms with van der Waals surface area (Å²) in [6, 6.07) is 13.0. The van der Waals surface area contributed by atoms with Gasteiger partial charge in [-0.25, -0.2) is 4.98 Å². The molecule has 2 heterocycles. The zero-order chi connectivity index (χ0) is 24.7. The third kappa shape index (κ3) is 4.46. The Labute approximate surface area is 203 Å². The summed E-state index contributed by atoms with van der Waals surface area (Å²) in [6.45, 7) is 12.7. The minimum atomic E-state index is -1.13. The molecule has 1 aliphatic carbocycles. The molecule has 0 bridgehead atoms. The van der Waals surface area contributed by atoms with E-state index in [1.807, 2.05) is 6.07 Å². The molecule has 1 aromatic carbocycles. The van der Waals surface area contributed by atoms with Crippen LogP contribution in [0.25, 0.3) is 11.3 Å². The molecule has 1 fully saturated rings. The van der Waals surface area contributed by atoms with Crippen LogP contribution in [0.4, 0.5) is 5.82 Å². The number of carbonyl (C=O) groups excluding carboxylic acids is 1. The van der Waals surface area contributed by atoms with Gasteiger partial charge in [-0.15, -0.1) is 0 Å². The molecule has 34 heavy (non-hydrogen) atoms. The Morgan fingerprint density at radius 3 is 2.18 bits per heavy atom. The number of pyridine rings is 1. The number of hydrogen-bond donors (Lipinski definition) is 2. The zero-order valence-corrected chi connectivity index (χ0v) is 21.3. The van der Waals surface area contributed by atoms with Gasteiger partial charge in [-0.05, 0) is 59.9 Å². The fourth-order valence-corrected chi connectivity index (χ4v) is 5.21. The van der Waals surface area contributed by atoms with E-state index >= 15 is 0 Å². The summed E-state index contributed by atoms with van der Waals surface area (Å²) in [5.74, 6) is 0.715. The van der Waals surface area contributed by atoms with Crippen LogP contribution < -0.4 is 4.90 Å². The number of rotatable bonds is 5. The van der Waals surface area contributed by atoms with Crippen LogP contribution in [-0.2, 0) is 15.6 Å². The fraction of sp³-hybridized carbons (Fsp3) is 0.571. The summed E-state index contributed by atoms with van der Waals surface area (Å²) in [5.41, 5.74) is 4.19. The van der Waals surface area contributed by atoms with Crippen molar-refractivity contribution in [2.45, 2.75) is 58.3 Å². The molecule has 2 aliphatic rings. The molecule has 4 rings (SSSR count). The first-order valence-corrected chi connectivity index (χ1v) is 12.4. The Morgan fingerprint density at radius 1 is 0.941 bits per heavy atom. The molecule has 184 valence electrons. The minimum Gasteiger partial charge on any atom is -0.395 e. The zero-order valence-electron chi connectivity index (χ0n) is 21.3. The number of nitrogens with zero attached hydrogens (tertiary/aromatic N) is 3. The van der Waals surface area contributed by atoms with Gasteiger partial charge in [0.15, 0.2) is 0 Å². The molecule has 1 amide bonds. The lowest BCUT2D eigenvalue weighted by atomic mass is 9.63. The van der Waals surface area contributed by atoms with Crippen LogP contribution >= 0.6 is 0 Å². The second kappa shape index (κ2) is 8.97. The highest BCUT2D eigenvalue weighted by Gasteiger charge is 2.38. The first kappa shape index (κ1) is 24.7. The summed E-state index contributed by atoms with van der Waals surface area (Å²) in [4.78, 5) is 21.7. The van der Waals surface area contributed by atoms with Crippen molar-refractivity contribution in [3.63, 3.8) is 0 Å². The van der Waals surface area contributed by atoms with E-state index in [1.54, 1.807) is 11.8 Å². The molecule has 0 saturated carbocycles. The van der Waals surface area contributed by atoms with E-state index in [1.165, 1.54) is 24.0 Å². The van der Waals surface area contributed by atoms with Gasteiger partial charge in [-0.3, -0.25) is 4.79 Å². The number of aliphatic hydroxyl groups is 2. The van der Waals surface area contributed by atoms with Gasteiger partial charge >= 0.3 is 0 Å². The largest absolute Gasteiger partial charge is 0.395 e. The van der Waals surface area contributed by atoms with Crippen molar-refractivity contribution in [3.8, 4) is 11.3 Å². The van der Waals surface area contributed by atoms with Gasteiger partial charge in [0.25, 0.3) is 0 Å². The number of benzene rings is 1. The van der Waals surface area contributed by atoms with Crippen molar-refractivity contribution in [2.24, 2.45) is 5.41 Å². The number of piperazine rings is 1. The van der Waals surface area contributed by atoms with E-state index in [9.17, 15) is 15.0 Å². The quantitative estimate of drug-likeness (QED) is 0.704. The number of aromatic nitrogens is 1. The van der Waals surface area contributed by atoms with Crippen LogP contribution in [0.2, 0.25) is 0 Å². The van der Waals surface area contributed by atoms with E-state index in [-0.39, 0.29) is 30.0 Å². The van der Waals surface area contributed by atoms with E-state index in [2.05, 4.69) is 62.9 Å². The predicted molar refractivity (Wildman–Crippen MR) is 136 cm³/mol. The predicted octanol–water partition coefficient (Wildman–Crippen LogP) is 3.74. The molecule has 2 aromatic rings. The molecule has 0 spiro atoms. The van der Waals surface area contributed by atoms with Gasteiger partial charge in [-0.1, -0.05) is 45.9 Å². The highest BCUT2D eigenvalue weighted by molar-refractivity contribution is 5.83. The van der Waals surface area contributed by atoms with Crippen molar-refractivity contribution in [1.29, 1.82) is 0 Å². The summed E-state index contributed by atoms with van der Waals surface area (Å²) >= 11 is 0. The van der Waals surface area contributed by atoms with Crippen LogP contribution in [0.1, 0.15) is 58.6 Å². The molecule has 2 N–H and O–H groups in total. The molecule has 1 saturated heterocycles. The Balaban J connectivity index is 1.54. The third-order valence-corrected chi connectivity index (χ3v) is 7.99. The lowest BCUT2D eigenvalue weighted by Gasteiger charge is -2.42. The molecule has 1 aromatic heterocycles. The lowest BCUT2D eigenvalue weighted by Crippen LogP contribution is -2.54. The first-order valence-electron chi connectivity index (χ1n) is 12.4. The van der Waals surface area contributed by atoms with Gasteiger partial charge < -0.3 is 20.0 Å². The van der Waals surface area contributed by atoms with Crippen LogP contribution in [0.3, 0.4) is 0 Å². The lowest BCUT2D eigenvalue weighted by molar-refractivity contribution is -0.146. The number of anilines is 1. The average molecular weight is 466 g/mol. The number of aliphatic hydroxyl groups excluding tert-OH is 2. The van der Waals surface area contributed by atoms with Crippen LogP contribution in [-0.4, -0.2) is 65.4 Å². The molecule has 0 radical (unpaired) electrons. The molecular weight excluding hydrogens is 426 g/mol. The van der Waals surface area contributed by atoms with Crippen molar-refractivity contribution >= 4 is 11.7 Å². The fourth-order valence-electron chi connectivity index (χ4n) is 5.21. The number of amides is 1. The van der Waals surface area contributed by atoms with Crippen LogP contribution in [0.5, 0.6) is 0 Å². The standard InChI is InChI=1S/C28H39N3O3/c1-26(2)11-12-27(3,4)22-17-20(9-10-21(22)26)23-7-6-8-24(29-23)30-13-15-31(16-14-30)25(34)28(5,18-32)19-33/h6-10,17,32-33H,11-16,18-19H2,1-5H3. The van der Waals surface area contributed by atoms with E-state index in [4.69, 9.17) is 4.98 Å². The maximum absolute atomic E-state index is 12.8. The van der Waals surface area contributed by atoms with Gasteiger partial charge in [0.1, 0.15) is 5.82 Å². The second-order valence-electron chi connectivity index (χ2n) is 11.6. The minimum absolute atomic E-state index is 0.152. The number of fused-ring (bicyclic) bond motifs is 1. The number of carbonyl (C=O) groups is 1. The topological polar surface area (TPSA) is 76.9 Å².